The van der Waals surface area contributed by atoms with Crippen LogP contribution in [0.5, 0.6) is 0 Å². The molecule has 0 fully saturated rings. The van der Waals surface area contributed by atoms with E-state index in [1.54, 1.807) is 0 Å². The first-order valence-corrected chi connectivity index (χ1v) is 5.53. The van der Waals surface area contributed by atoms with Gasteiger partial charge < -0.3 is 5.32 Å². The summed E-state index contributed by atoms with van der Waals surface area (Å²) in [6.07, 6.45) is 0. The molecule has 0 aromatic carbocycles. The normalized spacial score (nSPS) is 11.5. The van der Waals surface area contributed by atoms with Gasteiger partial charge in [-0.05, 0) is 27.7 Å². The number of carbonyl (C=O) groups is 1. The molecular weight excluding hydrogens is 212 g/mol. The predicted molar refractivity (Wildman–Crippen MR) is 61.0 cm³/mol. The van der Waals surface area contributed by atoms with Gasteiger partial charge in [0.1, 0.15) is 5.01 Å². The molecule has 1 rings (SSSR count). The molecule has 1 aromatic heterocycles. The maximum atomic E-state index is 11.4. The number of aryl methyl sites for hydroxylation is 1. The van der Waals surface area contributed by atoms with Crippen molar-refractivity contribution in [2.24, 2.45) is 0 Å². The van der Waals surface area contributed by atoms with Crippen LogP contribution in [0.3, 0.4) is 0 Å². The second kappa shape index (κ2) is 4.67. The van der Waals surface area contributed by atoms with Crippen LogP contribution in [0.2, 0.25) is 0 Å². The quantitative estimate of drug-likeness (QED) is 0.815. The second-order valence-corrected chi connectivity index (χ2v) is 5.46. The molecule has 0 radical (unpaired) electrons. The Kier molecular flexibility index (Phi) is 3.76. The molecule has 0 spiro atoms. The van der Waals surface area contributed by atoms with E-state index in [1.807, 2.05) is 27.7 Å². The minimum atomic E-state index is -0.0962. The van der Waals surface area contributed by atoms with E-state index in [9.17, 15) is 4.79 Å². The monoisotopic (exact) mass is 228 g/mol. The number of anilines is 1. The first kappa shape index (κ1) is 12.1. The van der Waals surface area contributed by atoms with Gasteiger partial charge in [0, 0.05) is 5.54 Å². The first-order chi connectivity index (χ1) is 6.87. The average Bonchev–Trinajstić information content (AvgIpc) is 2.47. The molecule has 0 saturated heterocycles. The number of nitrogens with one attached hydrogen (secondary N) is 2. The Balaban J connectivity index is 2.37. The second-order valence-electron chi connectivity index (χ2n) is 4.28. The fraction of sp³-hybridized carbons (Fsp3) is 0.667. The van der Waals surface area contributed by atoms with Crippen LogP contribution in [-0.2, 0) is 4.79 Å². The number of amides is 1. The van der Waals surface area contributed by atoms with Gasteiger partial charge in [-0.2, -0.15) is 0 Å². The van der Waals surface area contributed by atoms with E-state index in [-0.39, 0.29) is 18.0 Å². The number of carbonyl (C=O) groups excluding carboxylic acids is 1. The summed E-state index contributed by atoms with van der Waals surface area (Å²) < 4.78 is 0. The Morgan fingerprint density at radius 1 is 1.40 bits per heavy atom. The van der Waals surface area contributed by atoms with Crippen molar-refractivity contribution in [2.75, 3.05) is 11.9 Å². The van der Waals surface area contributed by atoms with E-state index in [0.29, 0.717) is 5.13 Å². The van der Waals surface area contributed by atoms with Crippen LogP contribution in [-0.4, -0.2) is 28.2 Å². The van der Waals surface area contributed by atoms with Gasteiger partial charge in [0.25, 0.3) is 0 Å². The van der Waals surface area contributed by atoms with Crippen molar-refractivity contribution in [3.05, 3.63) is 5.01 Å². The molecule has 6 heteroatoms. The zero-order valence-corrected chi connectivity index (χ0v) is 10.2. The maximum absolute atomic E-state index is 11.4. The highest BCUT2D eigenvalue weighted by atomic mass is 32.1. The Bertz CT molecular complexity index is 342. The van der Waals surface area contributed by atoms with Crippen molar-refractivity contribution in [2.45, 2.75) is 33.2 Å². The van der Waals surface area contributed by atoms with Crippen LogP contribution >= 0.6 is 11.3 Å². The van der Waals surface area contributed by atoms with Crippen molar-refractivity contribution in [3.8, 4) is 0 Å². The Labute approximate surface area is 93.3 Å². The third-order valence-electron chi connectivity index (χ3n) is 1.55. The first-order valence-electron chi connectivity index (χ1n) is 4.72. The zero-order valence-electron chi connectivity index (χ0n) is 9.42. The highest BCUT2D eigenvalue weighted by Gasteiger charge is 2.12. The molecule has 0 atom stereocenters. The summed E-state index contributed by atoms with van der Waals surface area (Å²) in [6.45, 7) is 8.16. The minimum absolute atomic E-state index is 0.0611. The third-order valence-corrected chi connectivity index (χ3v) is 2.31. The maximum Gasteiger partial charge on any atom is 0.240 e. The van der Waals surface area contributed by atoms with Crippen molar-refractivity contribution in [1.29, 1.82) is 0 Å². The lowest BCUT2D eigenvalue weighted by molar-refractivity contribution is -0.115. The summed E-state index contributed by atoms with van der Waals surface area (Å²) in [5.74, 6) is -0.0962. The molecule has 0 aliphatic carbocycles. The van der Waals surface area contributed by atoms with Crippen molar-refractivity contribution < 1.29 is 4.79 Å². The van der Waals surface area contributed by atoms with Crippen molar-refractivity contribution >= 4 is 22.4 Å². The van der Waals surface area contributed by atoms with Crippen molar-refractivity contribution in [3.63, 3.8) is 0 Å². The lowest BCUT2D eigenvalue weighted by atomic mass is 10.1. The number of aromatic nitrogens is 2. The Morgan fingerprint density at radius 2 is 2.07 bits per heavy atom. The fourth-order valence-electron chi connectivity index (χ4n) is 0.856. The van der Waals surface area contributed by atoms with E-state index < -0.39 is 0 Å². The van der Waals surface area contributed by atoms with Gasteiger partial charge >= 0.3 is 0 Å². The van der Waals surface area contributed by atoms with E-state index in [2.05, 4.69) is 20.8 Å². The number of rotatable bonds is 3. The van der Waals surface area contributed by atoms with Crippen LogP contribution in [0.4, 0.5) is 5.13 Å². The Hall–Kier alpha value is -1.01. The SMILES string of the molecule is Cc1nnc(NC(=O)CNC(C)(C)C)s1. The third kappa shape index (κ3) is 4.85. The minimum Gasteiger partial charge on any atom is -0.304 e. The zero-order chi connectivity index (χ0) is 11.5. The fourth-order valence-corrected chi connectivity index (χ4v) is 1.46. The largest absolute Gasteiger partial charge is 0.304 e. The summed E-state index contributed by atoms with van der Waals surface area (Å²) in [6, 6.07) is 0. The molecule has 0 aliphatic rings. The molecule has 0 aliphatic heterocycles. The lowest BCUT2D eigenvalue weighted by Crippen LogP contribution is -2.41. The molecule has 0 saturated carbocycles. The average molecular weight is 228 g/mol. The highest BCUT2D eigenvalue weighted by molar-refractivity contribution is 7.15. The summed E-state index contributed by atoms with van der Waals surface area (Å²) in [5.41, 5.74) is -0.0611. The molecule has 5 nitrogen and oxygen atoms in total. The smallest absolute Gasteiger partial charge is 0.240 e. The molecule has 2 N–H and O–H groups in total. The number of hydrogen-bond acceptors (Lipinski definition) is 5. The number of hydrogen-bond donors (Lipinski definition) is 2. The topological polar surface area (TPSA) is 66.9 Å². The van der Waals surface area contributed by atoms with Crippen LogP contribution in [0.1, 0.15) is 25.8 Å². The molecular formula is C9H16N4OS. The van der Waals surface area contributed by atoms with Crippen LogP contribution in [0, 0.1) is 6.92 Å². The van der Waals surface area contributed by atoms with Crippen LogP contribution in [0.25, 0.3) is 0 Å². The van der Waals surface area contributed by atoms with Crippen LogP contribution in [0.15, 0.2) is 0 Å². The van der Waals surface area contributed by atoms with Crippen molar-refractivity contribution in [1.82, 2.24) is 15.5 Å². The number of nitrogens with zero attached hydrogens (tertiary/aromatic N) is 2. The summed E-state index contributed by atoms with van der Waals surface area (Å²) in [5, 5.41) is 14.8. The van der Waals surface area contributed by atoms with Gasteiger partial charge in [-0.1, -0.05) is 11.3 Å². The summed E-state index contributed by atoms with van der Waals surface area (Å²) in [4.78, 5) is 11.4. The molecule has 1 heterocycles. The van der Waals surface area contributed by atoms with Gasteiger partial charge in [-0.15, -0.1) is 10.2 Å². The molecule has 15 heavy (non-hydrogen) atoms. The predicted octanol–water partition coefficient (Wildman–Crippen LogP) is 1.17. The van der Waals surface area contributed by atoms with Gasteiger partial charge in [-0.3, -0.25) is 10.1 Å². The van der Waals surface area contributed by atoms with Gasteiger partial charge in [0.2, 0.25) is 11.0 Å². The molecule has 1 aromatic rings. The van der Waals surface area contributed by atoms with E-state index in [0.717, 1.165) is 5.01 Å². The van der Waals surface area contributed by atoms with E-state index >= 15 is 0 Å². The van der Waals surface area contributed by atoms with Crippen LogP contribution < -0.4 is 10.6 Å². The molecule has 0 bridgehead atoms. The summed E-state index contributed by atoms with van der Waals surface area (Å²) >= 11 is 1.37. The molecule has 1 amide bonds. The van der Waals surface area contributed by atoms with E-state index in [1.165, 1.54) is 11.3 Å². The van der Waals surface area contributed by atoms with Gasteiger partial charge in [0.15, 0.2) is 0 Å². The van der Waals surface area contributed by atoms with E-state index in [4.69, 9.17) is 0 Å². The Morgan fingerprint density at radius 3 is 2.53 bits per heavy atom. The van der Waals surface area contributed by atoms with Gasteiger partial charge in [-0.25, -0.2) is 0 Å². The summed E-state index contributed by atoms with van der Waals surface area (Å²) in [7, 11) is 0. The standard InChI is InChI=1S/C9H16N4OS/c1-6-12-13-8(15-6)11-7(14)5-10-9(2,3)4/h10H,5H2,1-4H3,(H,11,13,14). The molecule has 0 unspecified atom stereocenters. The highest BCUT2D eigenvalue weighted by Crippen LogP contribution is 2.13. The van der Waals surface area contributed by atoms with Gasteiger partial charge in [0.05, 0.1) is 6.54 Å². The lowest BCUT2D eigenvalue weighted by Gasteiger charge is -2.19. The molecule has 84 valence electrons.